The van der Waals surface area contributed by atoms with Crippen LogP contribution in [0, 0.1) is 11.7 Å². The maximum atomic E-state index is 13.9. The second kappa shape index (κ2) is 8.31. The summed E-state index contributed by atoms with van der Waals surface area (Å²) in [7, 11) is 3.61. The molecule has 0 saturated carbocycles. The van der Waals surface area contributed by atoms with Gasteiger partial charge >= 0.3 is 6.03 Å². The van der Waals surface area contributed by atoms with Crippen molar-refractivity contribution in [3.63, 3.8) is 0 Å². The lowest BCUT2D eigenvalue weighted by molar-refractivity contribution is 0.133. The number of hydrazone groups is 1. The SMILES string of the molecule is CNCCCN(C)C(=O)N1N=C2c3cc(F)ccc3OC[C@H]2[C@H]1c1cccc(O)c1. The lowest BCUT2D eigenvalue weighted by Gasteiger charge is -2.31. The third-order valence-electron chi connectivity index (χ3n) is 5.50. The lowest BCUT2D eigenvalue weighted by Crippen LogP contribution is -2.41. The van der Waals surface area contributed by atoms with E-state index in [2.05, 4.69) is 10.4 Å². The van der Waals surface area contributed by atoms with E-state index in [4.69, 9.17) is 4.74 Å². The second-order valence-corrected chi connectivity index (χ2v) is 7.59. The average Bonchev–Trinajstić information content (AvgIpc) is 3.13. The highest BCUT2D eigenvalue weighted by atomic mass is 19.1. The third-order valence-corrected chi connectivity index (χ3v) is 5.50. The Kier molecular flexibility index (Phi) is 5.59. The van der Waals surface area contributed by atoms with Crippen molar-refractivity contribution in [3.05, 3.63) is 59.4 Å². The van der Waals surface area contributed by atoms with Crippen molar-refractivity contribution < 1.29 is 19.0 Å². The number of nitrogens with zero attached hydrogens (tertiary/aromatic N) is 3. The van der Waals surface area contributed by atoms with Gasteiger partial charge in [-0.3, -0.25) is 0 Å². The summed E-state index contributed by atoms with van der Waals surface area (Å²) in [4.78, 5) is 14.9. The number of phenols is 1. The Morgan fingerprint density at radius 1 is 1.37 bits per heavy atom. The number of carbonyl (C=O) groups excluding carboxylic acids is 1. The molecule has 2 atom stereocenters. The van der Waals surface area contributed by atoms with Crippen LogP contribution in [0.1, 0.15) is 23.6 Å². The largest absolute Gasteiger partial charge is 0.508 e. The van der Waals surface area contributed by atoms with Crippen LogP contribution >= 0.6 is 0 Å². The molecule has 0 spiro atoms. The Morgan fingerprint density at radius 3 is 2.97 bits per heavy atom. The van der Waals surface area contributed by atoms with E-state index in [9.17, 15) is 14.3 Å². The van der Waals surface area contributed by atoms with Crippen molar-refractivity contribution in [1.82, 2.24) is 15.2 Å². The average molecular weight is 412 g/mol. The van der Waals surface area contributed by atoms with Crippen LogP contribution in [0.25, 0.3) is 0 Å². The molecule has 158 valence electrons. The molecule has 2 aliphatic rings. The molecule has 2 aliphatic heterocycles. The molecule has 2 amide bonds. The topological polar surface area (TPSA) is 77.4 Å². The van der Waals surface area contributed by atoms with Crippen molar-refractivity contribution in [3.8, 4) is 11.5 Å². The van der Waals surface area contributed by atoms with Crippen molar-refractivity contribution in [2.75, 3.05) is 33.8 Å². The molecule has 30 heavy (non-hydrogen) atoms. The summed E-state index contributed by atoms with van der Waals surface area (Å²) in [6.07, 6.45) is 0.806. The number of ether oxygens (including phenoxy) is 1. The molecule has 2 aromatic carbocycles. The third kappa shape index (κ3) is 3.70. The van der Waals surface area contributed by atoms with Gasteiger partial charge in [-0.2, -0.15) is 5.10 Å². The van der Waals surface area contributed by atoms with Gasteiger partial charge in [-0.25, -0.2) is 14.2 Å². The van der Waals surface area contributed by atoms with Crippen molar-refractivity contribution >= 4 is 11.7 Å². The van der Waals surface area contributed by atoms with Crippen LogP contribution in [0.3, 0.4) is 0 Å². The van der Waals surface area contributed by atoms with Gasteiger partial charge in [0.25, 0.3) is 0 Å². The van der Waals surface area contributed by atoms with Crippen LogP contribution in [0.15, 0.2) is 47.6 Å². The van der Waals surface area contributed by atoms with Crippen LogP contribution in [-0.2, 0) is 0 Å². The lowest BCUT2D eigenvalue weighted by atomic mass is 9.86. The van der Waals surface area contributed by atoms with E-state index in [0.717, 1.165) is 18.5 Å². The van der Waals surface area contributed by atoms with Gasteiger partial charge in [0, 0.05) is 19.2 Å². The van der Waals surface area contributed by atoms with E-state index >= 15 is 0 Å². The molecule has 8 heteroatoms. The number of rotatable bonds is 5. The molecule has 2 aromatic rings. The number of aromatic hydroxyl groups is 1. The summed E-state index contributed by atoms with van der Waals surface area (Å²) in [5.74, 6) is 0.0101. The zero-order chi connectivity index (χ0) is 21.3. The molecule has 0 fully saturated rings. The first kappa shape index (κ1) is 20.2. The van der Waals surface area contributed by atoms with E-state index in [1.54, 1.807) is 36.2 Å². The van der Waals surface area contributed by atoms with Gasteiger partial charge in [-0.05, 0) is 55.9 Å². The fraction of sp³-hybridized carbons (Fsp3) is 0.364. The van der Waals surface area contributed by atoms with Crippen molar-refractivity contribution in [2.45, 2.75) is 12.5 Å². The number of nitrogens with one attached hydrogen (secondary N) is 1. The number of benzene rings is 2. The Labute approximate surface area is 174 Å². The van der Waals surface area contributed by atoms with Gasteiger partial charge in [0.15, 0.2) is 0 Å². The van der Waals surface area contributed by atoms with E-state index < -0.39 is 6.04 Å². The normalized spacial score (nSPS) is 19.6. The van der Waals surface area contributed by atoms with Crippen molar-refractivity contribution in [1.29, 1.82) is 0 Å². The molecule has 0 bridgehead atoms. The van der Waals surface area contributed by atoms with E-state index in [-0.39, 0.29) is 23.5 Å². The number of urea groups is 1. The monoisotopic (exact) mass is 412 g/mol. The quantitative estimate of drug-likeness (QED) is 0.741. The molecular weight excluding hydrogens is 387 g/mol. The van der Waals surface area contributed by atoms with Gasteiger partial charge in [0.2, 0.25) is 0 Å². The Bertz CT molecular complexity index is 981. The molecule has 7 nitrogen and oxygen atoms in total. The molecule has 2 N–H and O–H groups in total. The summed E-state index contributed by atoms with van der Waals surface area (Å²) in [5.41, 5.74) is 1.93. The van der Waals surface area contributed by atoms with Crippen LogP contribution in [0.4, 0.5) is 9.18 Å². The number of halogens is 1. The maximum Gasteiger partial charge on any atom is 0.340 e. The highest BCUT2D eigenvalue weighted by molar-refractivity contribution is 6.07. The number of carbonyl (C=O) groups is 1. The fourth-order valence-corrected chi connectivity index (χ4v) is 4.01. The number of amides is 2. The van der Waals surface area contributed by atoms with Gasteiger partial charge < -0.3 is 20.1 Å². The Balaban J connectivity index is 1.72. The summed E-state index contributed by atoms with van der Waals surface area (Å²) in [5, 5.41) is 19.2. The van der Waals surface area contributed by atoms with Gasteiger partial charge in [-0.1, -0.05) is 12.1 Å². The number of phenolic OH excluding ortho intramolecular Hbond substituents is 1. The minimum absolute atomic E-state index is 0.110. The van der Waals surface area contributed by atoms with Gasteiger partial charge in [0.1, 0.15) is 17.3 Å². The zero-order valence-corrected chi connectivity index (χ0v) is 17.0. The van der Waals surface area contributed by atoms with Crippen LogP contribution in [0.5, 0.6) is 11.5 Å². The highest BCUT2D eigenvalue weighted by Gasteiger charge is 2.46. The van der Waals surface area contributed by atoms with Crippen LogP contribution in [0.2, 0.25) is 0 Å². The summed E-state index contributed by atoms with van der Waals surface area (Å²) in [6, 6.07) is 10.4. The minimum Gasteiger partial charge on any atom is -0.508 e. The Morgan fingerprint density at radius 2 is 2.20 bits per heavy atom. The number of hydrogen-bond donors (Lipinski definition) is 2. The first-order valence-corrected chi connectivity index (χ1v) is 9.98. The fourth-order valence-electron chi connectivity index (χ4n) is 4.01. The second-order valence-electron chi connectivity index (χ2n) is 7.59. The zero-order valence-electron chi connectivity index (χ0n) is 17.0. The number of fused-ring (bicyclic) bond motifs is 3. The molecular formula is C22H25FN4O3. The van der Waals surface area contributed by atoms with E-state index in [1.807, 2.05) is 13.1 Å². The smallest absolute Gasteiger partial charge is 0.340 e. The predicted molar refractivity (Wildman–Crippen MR) is 111 cm³/mol. The van der Waals surface area contributed by atoms with Gasteiger partial charge in [-0.15, -0.1) is 0 Å². The summed E-state index contributed by atoms with van der Waals surface area (Å²) >= 11 is 0. The van der Waals surface area contributed by atoms with E-state index in [0.29, 0.717) is 30.2 Å². The molecule has 2 heterocycles. The van der Waals surface area contributed by atoms with Crippen molar-refractivity contribution in [2.24, 2.45) is 11.0 Å². The number of hydrogen-bond acceptors (Lipinski definition) is 5. The summed E-state index contributed by atoms with van der Waals surface area (Å²) < 4.78 is 19.8. The molecule has 0 radical (unpaired) electrons. The Hall–Kier alpha value is -3.13. The molecule has 0 aliphatic carbocycles. The molecule has 0 unspecified atom stereocenters. The van der Waals surface area contributed by atoms with Crippen LogP contribution in [-0.4, -0.2) is 60.5 Å². The molecule has 4 rings (SSSR count). The van der Waals surface area contributed by atoms with Gasteiger partial charge in [0.05, 0.1) is 24.3 Å². The molecule has 0 aromatic heterocycles. The first-order valence-electron chi connectivity index (χ1n) is 9.98. The van der Waals surface area contributed by atoms with Crippen LogP contribution < -0.4 is 10.1 Å². The predicted octanol–water partition coefficient (Wildman–Crippen LogP) is 2.96. The summed E-state index contributed by atoms with van der Waals surface area (Å²) in [6.45, 7) is 1.68. The maximum absolute atomic E-state index is 13.9. The standard InChI is InChI=1S/C22H25FN4O3/c1-24-9-4-10-26(2)22(29)27-21(14-5-3-6-16(28)11-14)18-13-30-19-8-7-15(23)12-17(19)20(18)25-27/h3,5-8,11-12,18,21,24,28H,4,9-10,13H2,1-2H3/t18-,21-/m1/s1. The first-order chi connectivity index (χ1) is 14.5. The molecule has 0 saturated heterocycles. The minimum atomic E-state index is -0.456. The highest BCUT2D eigenvalue weighted by Crippen LogP contribution is 2.43. The van der Waals surface area contributed by atoms with E-state index in [1.165, 1.54) is 17.1 Å².